The maximum atomic E-state index is 3.85. The summed E-state index contributed by atoms with van der Waals surface area (Å²) in [7, 11) is 0. The zero-order valence-corrected chi connectivity index (χ0v) is 13.7. The fourth-order valence-corrected chi connectivity index (χ4v) is 4.32. The molecule has 0 spiro atoms. The zero-order valence-electron chi connectivity index (χ0n) is 12.8. The molecule has 1 nitrogen and oxygen atoms in total. The minimum Gasteiger partial charge on any atom is -0.305 e. The summed E-state index contributed by atoms with van der Waals surface area (Å²) in [6.45, 7) is 3.18. The monoisotopic (exact) mass is 299 g/mol. The summed E-state index contributed by atoms with van der Waals surface area (Å²) >= 11 is 1.91. The molecule has 1 aromatic heterocycles. The van der Waals surface area contributed by atoms with Crippen LogP contribution in [-0.4, -0.2) is 0 Å². The second-order valence-corrected chi connectivity index (χ2v) is 7.55. The third-order valence-electron chi connectivity index (χ3n) is 4.57. The molecule has 1 fully saturated rings. The van der Waals surface area contributed by atoms with Gasteiger partial charge in [-0.15, -0.1) is 11.3 Å². The first-order valence-corrected chi connectivity index (χ1v) is 8.98. The van der Waals surface area contributed by atoms with Gasteiger partial charge in [0.05, 0.1) is 0 Å². The number of hydrogen-bond acceptors (Lipinski definition) is 2. The first-order valence-electron chi connectivity index (χ1n) is 8.16. The van der Waals surface area contributed by atoms with Gasteiger partial charge < -0.3 is 5.32 Å². The van der Waals surface area contributed by atoms with Crippen LogP contribution in [0.2, 0.25) is 0 Å². The lowest BCUT2D eigenvalue weighted by atomic mass is 9.81. The van der Waals surface area contributed by atoms with Crippen molar-refractivity contribution in [2.45, 2.75) is 51.6 Å². The van der Waals surface area contributed by atoms with Crippen LogP contribution in [0.3, 0.4) is 0 Å². The van der Waals surface area contributed by atoms with Crippen LogP contribution in [0, 0.1) is 12.8 Å². The first kappa shape index (κ1) is 14.8. The van der Waals surface area contributed by atoms with E-state index in [1.54, 1.807) is 0 Å². The second-order valence-electron chi connectivity index (χ2n) is 6.18. The minimum atomic E-state index is 0.508. The molecule has 21 heavy (non-hydrogen) atoms. The van der Waals surface area contributed by atoms with Gasteiger partial charge in [-0.3, -0.25) is 0 Å². The van der Waals surface area contributed by atoms with E-state index >= 15 is 0 Å². The third-order valence-corrected chi connectivity index (χ3v) is 5.57. The molecule has 0 amide bonds. The zero-order chi connectivity index (χ0) is 14.5. The quantitative estimate of drug-likeness (QED) is 0.772. The van der Waals surface area contributed by atoms with Crippen molar-refractivity contribution in [1.29, 1.82) is 0 Å². The van der Waals surface area contributed by atoms with Crippen LogP contribution in [-0.2, 0) is 6.54 Å². The molecule has 1 atom stereocenters. The molecule has 1 unspecified atom stereocenters. The molecular weight excluding hydrogens is 274 g/mol. The Hall–Kier alpha value is -1.12. The van der Waals surface area contributed by atoms with Gasteiger partial charge in [0.2, 0.25) is 0 Å². The summed E-state index contributed by atoms with van der Waals surface area (Å²) in [5, 5.41) is 3.85. The van der Waals surface area contributed by atoms with Crippen LogP contribution in [0.5, 0.6) is 0 Å². The van der Waals surface area contributed by atoms with Crippen LogP contribution in [0.25, 0.3) is 0 Å². The number of aryl methyl sites for hydroxylation is 1. The molecule has 1 aliphatic rings. The van der Waals surface area contributed by atoms with Gasteiger partial charge in [0, 0.05) is 22.3 Å². The molecule has 1 aromatic carbocycles. The topological polar surface area (TPSA) is 12.0 Å². The van der Waals surface area contributed by atoms with E-state index in [4.69, 9.17) is 0 Å². The van der Waals surface area contributed by atoms with Gasteiger partial charge in [0.25, 0.3) is 0 Å². The summed E-state index contributed by atoms with van der Waals surface area (Å²) in [6, 6.07) is 16.0. The Kier molecular flexibility index (Phi) is 5.10. The van der Waals surface area contributed by atoms with E-state index in [2.05, 4.69) is 54.7 Å². The van der Waals surface area contributed by atoms with Crippen molar-refractivity contribution in [2.24, 2.45) is 5.92 Å². The SMILES string of the molecule is Cc1ccc(CNC(c2ccccc2)C2CCCCC2)s1. The molecule has 3 rings (SSSR count). The minimum absolute atomic E-state index is 0.508. The van der Waals surface area contributed by atoms with Crippen LogP contribution >= 0.6 is 11.3 Å². The van der Waals surface area contributed by atoms with Crippen LogP contribution in [0.4, 0.5) is 0 Å². The number of nitrogens with one attached hydrogen (secondary N) is 1. The molecule has 1 heterocycles. The van der Waals surface area contributed by atoms with E-state index in [1.807, 2.05) is 11.3 Å². The number of rotatable bonds is 5. The van der Waals surface area contributed by atoms with E-state index in [-0.39, 0.29) is 0 Å². The highest BCUT2D eigenvalue weighted by atomic mass is 32.1. The number of benzene rings is 1. The van der Waals surface area contributed by atoms with E-state index in [1.165, 1.54) is 47.4 Å². The smallest absolute Gasteiger partial charge is 0.0351 e. The van der Waals surface area contributed by atoms with Gasteiger partial charge in [-0.25, -0.2) is 0 Å². The molecule has 1 N–H and O–H groups in total. The first-order chi connectivity index (χ1) is 10.3. The molecule has 2 heteroatoms. The highest BCUT2D eigenvalue weighted by molar-refractivity contribution is 7.11. The van der Waals surface area contributed by atoms with Gasteiger partial charge in [-0.05, 0) is 43.4 Å². The lowest BCUT2D eigenvalue weighted by Gasteiger charge is -2.31. The molecule has 0 radical (unpaired) electrons. The Morgan fingerprint density at radius 3 is 2.48 bits per heavy atom. The predicted octanol–water partition coefficient (Wildman–Crippen LogP) is 5.47. The van der Waals surface area contributed by atoms with E-state index in [0.29, 0.717) is 6.04 Å². The van der Waals surface area contributed by atoms with Crippen molar-refractivity contribution in [3.63, 3.8) is 0 Å². The molecule has 0 aliphatic heterocycles. The molecular formula is C19H25NS. The molecule has 2 aromatic rings. The summed E-state index contributed by atoms with van der Waals surface area (Å²) in [5.41, 5.74) is 1.46. The van der Waals surface area contributed by atoms with Crippen molar-refractivity contribution in [3.8, 4) is 0 Å². The second kappa shape index (κ2) is 7.24. The Morgan fingerprint density at radius 1 is 1.05 bits per heavy atom. The normalized spacial score (nSPS) is 17.8. The van der Waals surface area contributed by atoms with Crippen molar-refractivity contribution in [2.75, 3.05) is 0 Å². The van der Waals surface area contributed by atoms with Gasteiger partial charge in [0.15, 0.2) is 0 Å². The van der Waals surface area contributed by atoms with Gasteiger partial charge in [-0.2, -0.15) is 0 Å². The lowest BCUT2D eigenvalue weighted by molar-refractivity contribution is 0.270. The fourth-order valence-electron chi connectivity index (χ4n) is 3.48. The maximum Gasteiger partial charge on any atom is 0.0351 e. The number of hydrogen-bond donors (Lipinski definition) is 1. The number of thiophene rings is 1. The van der Waals surface area contributed by atoms with Crippen LogP contribution in [0.1, 0.15) is 53.5 Å². The summed E-state index contributed by atoms with van der Waals surface area (Å²) in [6.07, 6.45) is 6.95. The predicted molar refractivity (Wildman–Crippen MR) is 91.7 cm³/mol. The summed E-state index contributed by atoms with van der Waals surface area (Å²) in [5.74, 6) is 0.794. The third kappa shape index (κ3) is 3.96. The van der Waals surface area contributed by atoms with E-state index < -0.39 is 0 Å². The Labute approximate surface area is 132 Å². The highest BCUT2D eigenvalue weighted by Crippen LogP contribution is 2.34. The summed E-state index contributed by atoms with van der Waals surface area (Å²) < 4.78 is 0. The van der Waals surface area contributed by atoms with Gasteiger partial charge >= 0.3 is 0 Å². The Balaban J connectivity index is 1.72. The molecule has 0 saturated heterocycles. The fraction of sp³-hybridized carbons (Fsp3) is 0.474. The average Bonchev–Trinajstić information content (AvgIpc) is 2.95. The van der Waals surface area contributed by atoms with Crippen molar-refractivity contribution in [3.05, 3.63) is 57.8 Å². The largest absolute Gasteiger partial charge is 0.305 e. The Morgan fingerprint density at radius 2 is 1.81 bits per heavy atom. The lowest BCUT2D eigenvalue weighted by Crippen LogP contribution is -2.29. The van der Waals surface area contributed by atoms with E-state index in [0.717, 1.165) is 12.5 Å². The molecule has 1 saturated carbocycles. The van der Waals surface area contributed by atoms with Gasteiger partial charge in [0.1, 0.15) is 0 Å². The van der Waals surface area contributed by atoms with Crippen LogP contribution < -0.4 is 5.32 Å². The van der Waals surface area contributed by atoms with Gasteiger partial charge in [-0.1, -0.05) is 49.6 Å². The van der Waals surface area contributed by atoms with Crippen molar-refractivity contribution >= 4 is 11.3 Å². The Bertz CT molecular complexity index is 540. The van der Waals surface area contributed by atoms with Crippen molar-refractivity contribution in [1.82, 2.24) is 5.32 Å². The average molecular weight is 299 g/mol. The van der Waals surface area contributed by atoms with Crippen molar-refractivity contribution < 1.29 is 0 Å². The standard InChI is InChI=1S/C19H25NS/c1-15-12-13-18(21-15)14-20-19(16-8-4-2-5-9-16)17-10-6-3-7-11-17/h2,4-5,8-9,12-13,17,19-20H,3,6-7,10-11,14H2,1H3. The summed E-state index contributed by atoms with van der Waals surface area (Å²) in [4.78, 5) is 2.85. The maximum absolute atomic E-state index is 3.85. The molecule has 0 bridgehead atoms. The molecule has 112 valence electrons. The molecule has 1 aliphatic carbocycles. The van der Waals surface area contributed by atoms with E-state index in [9.17, 15) is 0 Å². The highest BCUT2D eigenvalue weighted by Gasteiger charge is 2.24. The van der Waals surface area contributed by atoms with Crippen LogP contribution in [0.15, 0.2) is 42.5 Å².